The van der Waals surface area contributed by atoms with Gasteiger partial charge in [-0.2, -0.15) is 0 Å². The van der Waals surface area contributed by atoms with Crippen LogP contribution in [0.1, 0.15) is 27.2 Å². The smallest absolute Gasteiger partial charge is 0.253 e. The molecule has 1 aromatic carbocycles. The molecule has 25 heavy (non-hydrogen) atoms. The van der Waals surface area contributed by atoms with Crippen LogP contribution < -0.4 is 10.6 Å². The molecule has 2 heterocycles. The molecule has 3 rings (SSSR count). The van der Waals surface area contributed by atoms with Crippen LogP contribution in [0.2, 0.25) is 0 Å². The first-order valence-electron chi connectivity index (χ1n) is 8.14. The van der Waals surface area contributed by atoms with E-state index in [-0.39, 0.29) is 5.91 Å². The highest BCUT2D eigenvalue weighted by molar-refractivity contribution is 5.94. The Morgan fingerprint density at radius 3 is 2.68 bits per heavy atom. The molecule has 0 fully saturated rings. The van der Waals surface area contributed by atoms with Crippen molar-refractivity contribution in [2.24, 2.45) is 0 Å². The predicted molar refractivity (Wildman–Crippen MR) is 98.1 cm³/mol. The average Bonchev–Trinajstić information content (AvgIpc) is 2.66. The van der Waals surface area contributed by atoms with E-state index in [1.54, 1.807) is 24.7 Å². The molecule has 0 bridgehead atoms. The van der Waals surface area contributed by atoms with Gasteiger partial charge in [-0.1, -0.05) is 30.3 Å². The topological polar surface area (TPSA) is 66.9 Å². The third kappa shape index (κ3) is 4.64. The lowest BCUT2D eigenvalue weighted by Gasteiger charge is -2.09. The number of carbonyl (C=O) groups is 1. The molecule has 2 aromatic heterocycles. The highest BCUT2D eigenvalue weighted by Gasteiger charge is 2.08. The molecule has 2 N–H and O–H groups in total. The number of pyridine rings is 2. The number of amides is 1. The number of aryl methyl sites for hydroxylation is 1. The molecule has 0 saturated carbocycles. The Morgan fingerprint density at radius 2 is 1.88 bits per heavy atom. The van der Waals surface area contributed by atoms with Crippen molar-refractivity contribution in [3.63, 3.8) is 0 Å². The van der Waals surface area contributed by atoms with E-state index in [0.717, 1.165) is 22.5 Å². The zero-order chi connectivity index (χ0) is 17.5. The minimum absolute atomic E-state index is 0.141. The van der Waals surface area contributed by atoms with Crippen molar-refractivity contribution in [1.29, 1.82) is 0 Å². The van der Waals surface area contributed by atoms with Crippen molar-refractivity contribution < 1.29 is 4.79 Å². The summed E-state index contributed by atoms with van der Waals surface area (Å²) < 4.78 is 0. The van der Waals surface area contributed by atoms with Gasteiger partial charge < -0.3 is 10.6 Å². The van der Waals surface area contributed by atoms with E-state index in [4.69, 9.17) is 0 Å². The van der Waals surface area contributed by atoms with Crippen molar-refractivity contribution in [2.75, 3.05) is 5.32 Å². The molecule has 0 saturated heterocycles. The molecule has 0 aliphatic heterocycles. The van der Waals surface area contributed by atoms with Gasteiger partial charge in [-0.15, -0.1) is 0 Å². The highest BCUT2D eigenvalue weighted by Crippen LogP contribution is 2.11. The first-order chi connectivity index (χ1) is 12.2. The first-order valence-corrected chi connectivity index (χ1v) is 8.14. The number of hydrogen-bond acceptors (Lipinski definition) is 4. The maximum absolute atomic E-state index is 12.4. The molecule has 1 amide bonds. The van der Waals surface area contributed by atoms with E-state index in [1.165, 1.54) is 0 Å². The summed E-state index contributed by atoms with van der Waals surface area (Å²) in [5.74, 6) is -0.141. The van der Waals surface area contributed by atoms with E-state index in [1.807, 2.05) is 49.4 Å². The quantitative estimate of drug-likeness (QED) is 0.726. The fraction of sp³-hybridized carbons (Fsp3) is 0.150. The molecule has 0 aliphatic carbocycles. The summed E-state index contributed by atoms with van der Waals surface area (Å²) in [6, 6.07) is 15.6. The second kappa shape index (κ2) is 8.06. The summed E-state index contributed by atoms with van der Waals surface area (Å²) in [4.78, 5) is 20.8. The minimum Gasteiger partial charge on any atom is -0.378 e. The largest absolute Gasteiger partial charge is 0.378 e. The van der Waals surface area contributed by atoms with Gasteiger partial charge in [0.25, 0.3) is 5.91 Å². The summed E-state index contributed by atoms with van der Waals surface area (Å²) >= 11 is 0. The van der Waals surface area contributed by atoms with Crippen molar-refractivity contribution in [1.82, 2.24) is 15.3 Å². The number of nitrogens with zero attached hydrogens (tertiary/aromatic N) is 2. The number of aromatic nitrogens is 2. The molecule has 0 spiro atoms. The predicted octanol–water partition coefficient (Wildman–Crippen LogP) is 3.33. The van der Waals surface area contributed by atoms with E-state index in [0.29, 0.717) is 18.7 Å². The van der Waals surface area contributed by atoms with E-state index < -0.39 is 0 Å². The molecule has 0 radical (unpaired) electrons. The molecular formula is C20H20N4O. The lowest BCUT2D eigenvalue weighted by Crippen LogP contribution is -2.23. The number of rotatable bonds is 6. The summed E-state index contributed by atoms with van der Waals surface area (Å²) in [7, 11) is 0. The Hall–Kier alpha value is -3.21. The van der Waals surface area contributed by atoms with Crippen LogP contribution in [0.15, 0.2) is 67.1 Å². The van der Waals surface area contributed by atoms with E-state index in [9.17, 15) is 4.79 Å². The van der Waals surface area contributed by atoms with Gasteiger partial charge in [-0.25, -0.2) is 0 Å². The number of anilines is 1. The van der Waals surface area contributed by atoms with Crippen molar-refractivity contribution in [3.05, 3.63) is 89.5 Å². The number of nitrogens with one attached hydrogen (secondary N) is 2. The molecule has 0 aliphatic rings. The van der Waals surface area contributed by atoms with Crippen LogP contribution in [0.5, 0.6) is 0 Å². The monoisotopic (exact) mass is 332 g/mol. The fourth-order valence-electron chi connectivity index (χ4n) is 2.44. The number of benzene rings is 1. The van der Waals surface area contributed by atoms with E-state index >= 15 is 0 Å². The molecular weight excluding hydrogens is 312 g/mol. The highest BCUT2D eigenvalue weighted by atomic mass is 16.1. The number of hydrogen-bond donors (Lipinski definition) is 2. The van der Waals surface area contributed by atoms with E-state index in [2.05, 4.69) is 20.6 Å². The summed E-state index contributed by atoms with van der Waals surface area (Å²) in [5, 5.41) is 6.17. The fourth-order valence-corrected chi connectivity index (χ4v) is 2.44. The van der Waals surface area contributed by atoms with Crippen LogP contribution in [-0.4, -0.2) is 15.9 Å². The van der Waals surface area contributed by atoms with Gasteiger partial charge in [0.2, 0.25) is 0 Å². The van der Waals surface area contributed by atoms with Crippen molar-refractivity contribution in [2.45, 2.75) is 20.0 Å². The zero-order valence-corrected chi connectivity index (χ0v) is 14.1. The molecule has 126 valence electrons. The Kier molecular flexibility index (Phi) is 5.36. The van der Waals surface area contributed by atoms with Crippen LogP contribution in [0.3, 0.4) is 0 Å². The second-order valence-corrected chi connectivity index (χ2v) is 5.75. The first kappa shape index (κ1) is 16.6. The van der Waals surface area contributed by atoms with Gasteiger partial charge in [0.15, 0.2) is 0 Å². The van der Waals surface area contributed by atoms with Gasteiger partial charge in [0.05, 0.1) is 23.5 Å². The van der Waals surface area contributed by atoms with Gasteiger partial charge in [0, 0.05) is 25.1 Å². The normalized spacial score (nSPS) is 10.3. The van der Waals surface area contributed by atoms with Crippen LogP contribution in [-0.2, 0) is 13.1 Å². The molecule has 0 unspecified atom stereocenters. The lowest BCUT2D eigenvalue weighted by molar-refractivity contribution is 0.0950. The Labute approximate surface area is 147 Å². The van der Waals surface area contributed by atoms with Crippen LogP contribution >= 0.6 is 0 Å². The molecule has 5 heteroatoms. The minimum atomic E-state index is -0.141. The van der Waals surface area contributed by atoms with Crippen LogP contribution in [0.4, 0.5) is 5.69 Å². The lowest BCUT2D eigenvalue weighted by atomic mass is 10.1. The Balaban J connectivity index is 1.60. The zero-order valence-electron chi connectivity index (χ0n) is 14.1. The van der Waals surface area contributed by atoms with Gasteiger partial charge in [0.1, 0.15) is 0 Å². The maximum Gasteiger partial charge on any atom is 0.253 e. The van der Waals surface area contributed by atoms with Gasteiger partial charge >= 0.3 is 0 Å². The molecule has 5 nitrogen and oxygen atoms in total. The molecule has 0 atom stereocenters. The Morgan fingerprint density at radius 1 is 1.04 bits per heavy atom. The Bertz CT molecular complexity index is 849. The van der Waals surface area contributed by atoms with Gasteiger partial charge in [-0.3, -0.25) is 14.8 Å². The summed E-state index contributed by atoms with van der Waals surface area (Å²) in [5.41, 5.74) is 4.51. The SMILES string of the molecule is Cc1ccccc1CNC(=O)c1cncc(NCc2ccccn2)c1. The van der Waals surface area contributed by atoms with Gasteiger partial charge in [-0.05, 0) is 36.2 Å². The van der Waals surface area contributed by atoms with Crippen LogP contribution in [0, 0.1) is 6.92 Å². The third-order valence-corrected chi connectivity index (χ3v) is 3.90. The summed E-state index contributed by atoms with van der Waals surface area (Å²) in [6.45, 7) is 3.11. The standard InChI is InChI=1S/C20H20N4O/c1-15-6-2-3-7-16(15)12-24-20(25)17-10-19(13-21-11-17)23-14-18-8-4-5-9-22-18/h2-11,13,23H,12,14H2,1H3,(H,24,25). The third-order valence-electron chi connectivity index (χ3n) is 3.90. The van der Waals surface area contributed by atoms with Crippen molar-refractivity contribution >= 4 is 11.6 Å². The van der Waals surface area contributed by atoms with Crippen molar-refractivity contribution in [3.8, 4) is 0 Å². The molecule has 3 aromatic rings. The summed E-state index contributed by atoms with van der Waals surface area (Å²) in [6.07, 6.45) is 5.02. The number of carbonyl (C=O) groups excluding carboxylic acids is 1. The second-order valence-electron chi connectivity index (χ2n) is 5.75. The van der Waals surface area contributed by atoms with Crippen LogP contribution in [0.25, 0.3) is 0 Å². The maximum atomic E-state index is 12.4. The average molecular weight is 332 g/mol.